The van der Waals surface area contributed by atoms with Crippen LogP contribution in [0.25, 0.3) is 0 Å². The van der Waals surface area contributed by atoms with Gasteiger partial charge in [-0.05, 0) is 43.4 Å². The Balaban J connectivity index is 1.73. The van der Waals surface area contributed by atoms with E-state index < -0.39 is 5.97 Å². The maximum atomic E-state index is 10.9. The van der Waals surface area contributed by atoms with Gasteiger partial charge < -0.3 is 14.7 Å². The number of hydrogen-bond acceptors (Lipinski definition) is 3. The van der Waals surface area contributed by atoms with Crippen LogP contribution in [0.15, 0.2) is 24.3 Å². The van der Waals surface area contributed by atoms with Crippen LogP contribution in [0.1, 0.15) is 43.5 Å². The van der Waals surface area contributed by atoms with Gasteiger partial charge in [-0.3, -0.25) is 0 Å². The fraction of sp³-hybridized carbons (Fsp3) is 0.588. The molecule has 116 valence electrons. The smallest absolute Gasteiger partial charge is 0.335 e. The monoisotopic (exact) mass is 291 g/mol. The summed E-state index contributed by atoms with van der Waals surface area (Å²) < 4.78 is 5.66. The molecule has 0 aromatic heterocycles. The molecule has 2 rings (SSSR count). The zero-order chi connectivity index (χ0) is 15.2. The highest BCUT2D eigenvalue weighted by Gasteiger charge is 2.28. The van der Waals surface area contributed by atoms with Crippen molar-refractivity contribution in [2.75, 3.05) is 19.7 Å². The summed E-state index contributed by atoms with van der Waals surface area (Å²) in [5.74, 6) is 0.410. The van der Waals surface area contributed by atoms with Crippen molar-refractivity contribution < 1.29 is 14.6 Å². The Bertz CT molecular complexity index is 469. The van der Waals surface area contributed by atoms with E-state index in [-0.39, 0.29) is 5.56 Å². The molecule has 4 heteroatoms. The van der Waals surface area contributed by atoms with Crippen LogP contribution in [0.2, 0.25) is 0 Å². The molecule has 1 aliphatic carbocycles. The zero-order valence-corrected chi connectivity index (χ0v) is 12.9. The van der Waals surface area contributed by atoms with Crippen molar-refractivity contribution in [2.24, 2.45) is 5.92 Å². The minimum atomic E-state index is -0.919. The summed E-state index contributed by atoms with van der Waals surface area (Å²) in [6.45, 7) is 7.34. The molecule has 1 N–H and O–H groups in total. The predicted octanol–water partition coefficient (Wildman–Crippen LogP) is 3.27. The Morgan fingerprint density at radius 3 is 2.81 bits per heavy atom. The van der Waals surface area contributed by atoms with E-state index in [0.29, 0.717) is 18.3 Å². The maximum Gasteiger partial charge on any atom is 0.335 e. The minimum absolute atomic E-state index is 0.270. The lowest BCUT2D eigenvalue weighted by atomic mass is 10.2. The molecule has 0 radical (unpaired) electrons. The van der Waals surface area contributed by atoms with E-state index >= 15 is 0 Å². The van der Waals surface area contributed by atoms with E-state index in [1.165, 1.54) is 12.8 Å². The van der Waals surface area contributed by atoms with Crippen molar-refractivity contribution in [3.8, 4) is 5.75 Å². The van der Waals surface area contributed by atoms with Gasteiger partial charge in [0.2, 0.25) is 0 Å². The quantitative estimate of drug-likeness (QED) is 0.709. The van der Waals surface area contributed by atoms with Crippen molar-refractivity contribution in [1.29, 1.82) is 0 Å². The van der Waals surface area contributed by atoms with Gasteiger partial charge >= 0.3 is 5.97 Å². The number of rotatable bonds is 9. The van der Waals surface area contributed by atoms with Crippen LogP contribution in [0, 0.1) is 5.92 Å². The van der Waals surface area contributed by atoms with Gasteiger partial charge in [-0.25, -0.2) is 4.79 Å². The van der Waals surface area contributed by atoms with Crippen LogP contribution >= 0.6 is 0 Å². The lowest BCUT2D eigenvalue weighted by Crippen LogP contribution is -2.31. The van der Waals surface area contributed by atoms with Gasteiger partial charge in [0.25, 0.3) is 0 Å². The Kier molecular flexibility index (Phi) is 5.62. The highest BCUT2D eigenvalue weighted by Crippen LogP contribution is 2.27. The third-order valence-electron chi connectivity index (χ3n) is 3.60. The molecule has 0 atom stereocenters. The molecule has 1 aromatic rings. The first-order valence-electron chi connectivity index (χ1n) is 7.76. The molecule has 0 spiro atoms. The van der Waals surface area contributed by atoms with Gasteiger partial charge in [-0.1, -0.05) is 19.9 Å². The molecule has 1 fully saturated rings. The second-order valence-electron chi connectivity index (χ2n) is 6.15. The van der Waals surface area contributed by atoms with E-state index in [4.69, 9.17) is 9.84 Å². The normalized spacial score (nSPS) is 14.7. The summed E-state index contributed by atoms with van der Waals surface area (Å²) in [6, 6.07) is 7.46. The molecule has 21 heavy (non-hydrogen) atoms. The lowest BCUT2D eigenvalue weighted by molar-refractivity contribution is 0.0696. The number of carboxylic acids is 1. The minimum Gasteiger partial charge on any atom is -0.494 e. The first-order valence-corrected chi connectivity index (χ1v) is 7.76. The fourth-order valence-corrected chi connectivity index (χ4v) is 2.51. The largest absolute Gasteiger partial charge is 0.494 e. The molecular formula is C17H25NO3. The van der Waals surface area contributed by atoms with Crippen LogP contribution in [-0.4, -0.2) is 41.7 Å². The van der Waals surface area contributed by atoms with Crippen LogP contribution in [0.5, 0.6) is 5.75 Å². The number of benzene rings is 1. The van der Waals surface area contributed by atoms with Gasteiger partial charge in [0.05, 0.1) is 12.2 Å². The fourth-order valence-electron chi connectivity index (χ4n) is 2.51. The third-order valence-corrected chi connectivity index (χ3v) is 3.60. The maximum absolute atomic E-state index is 10.9. The second kappa shape index (κ2) is 7.46. The Hall–Kier alpha value is -1.55. The van der Waals surface area contributed by atoms with Gasteiger partial charge in [-0.2, -0.15) is 0 Å². The van der Waals surface area contributed by atoms with Gasteiger partial charge in [-0.15, -0.1) is 0 Å². The first kappa shape index (κ1) is 15.8. The molecular weight excluding hydrogens is 266 g/mol. The summed E-state index contributed by atoms with van der Waals surface area (Å²) in [4.78, 5) is 13.5. The molecule has 0 aliphatic heterocycles. The summed E-state index contributed by atoms with van der Waals surface area (Å²) in [6.07, 6.45) is 3.63. The molecule has 1 aromatic carbocycles. The predicted molar refractivity (Wildman–Crippen MR) is 82.9 cm³/mol. The van der Waals surface area contributed by atoms with Crippen molar-refractivity contribution in [3.63, 3.8) is 0 Å². The Labute approximate surface area is 126 Å². The molecule has 1 aliphatic rings. The Morgan fingerprint density at radius 1 is 1.43 bits per heavy atom. The Morgan fingerprint density at radius 2 is 2.19 bits per heavy atom. The van der Waals surface area contributed by atoms with E-state index in [0.717, 1.165) is 25.6 Å². The van der Waals surface area contributed by atoms with Crippen LogP contribution in [0.3, 0.4) is 0 Å². The number of nitrogens with zero attached hydrogens (tertiary/aromatic N) is 1. The molecule has 4 nitrogen and oxygen atoms in total. The van der Waals surface area contributed by atoms with Crippen LogP contribution in [-0.2, 0) is 0 Å². The number of carbonyl (C=O) groups is 1. The zero-order valence-electron chi connectivity index (χ0n) is 12.9. The van der Waals surface area contributed by atoms with Crippen LogP contribution in [0.4, 0.5) is 0 Å². The average molecular weight is 291 g/mol. The lowest BCUT2D eigenvalue weighted by Gasteiger charge is -2.23. The van der Waals surface area contributed by atoms with E-state index in [1.807, 2.05) is 0 Å². The van der Waals surface area contributed by atoms with E-state index in [2.05, 4.69) is 18.7 Å². The molecule has 0 bridgehead atoms. The van der Waals surface area contributed by atoms with E-state index in [1.54, 1.807) is 24.3 Å². The van der Waals surface area contributed by atoms with Crippen molar-refractivity contribution >= 4 is 5.97 Å². The van der Waals surface area contributed by atoms with Crippen molar-refractivity contribution in [1.82, 2.24) is 4.90 Å². The summed E-state index contributed by atoms with van der Waals surface area (Å²) in [7, 11) is 0. The molecule has 0 amide bonds. The number of hydrogen-bond donors (Lipinski definition) is 1. The summed E-state index contributed by atoms with van der Waals surface area (Å²) >= 11 is 0. The number of carboxylic acid groups (broad SMARTS) is 1. The first-order chi connectivity index (χ1) is 10.1. The van der Waals surface area contributed by atoms with Crippen LogP contribution < -0.4 is 4.74 Å². The molecule has 0 unspecified atom stereocenters. The average Bonchev–Trinajstić information content (AvgIpc) is 3.26. The standard InChI is InChI=1S/C17H25NO3/c1-13(2)12-18(15-7-8-15)9-4-10-21-16-6-3-5-14(11-16)17(19)20/h3,5-6,11,13,15H,4,7-10,12H2,1-2H3,(H,19,20). The number of ether oxygens (including phenoxy) is 1. The summed E-state index contributed by atoms with van der Waals surface area (Å²) in [5, 5.41) is 8.94. The SMILES string of the molecule is CC(C)CN(CCCOc1cccc(C(=O)O)c1)C1CC1. The summed E-state index contributed by atoms with van der Waals surface area (Å²) in [5.41, 5.74) is 0.270. The van der Waals surface area contributed by atoms with Crippen molar-refractivity contribution in [3.05, 3.63) is 29.8 Å². The van der Waals surface area contributed by atoms with Crippen molar-refractivity contribution in [2.45, 2.75) is 39.2 Å². The molecule has 0 heterocycles. The molecule has 0 saturated heterocycles. The third kappa shape index (κ3) is 5.38. The van der Waals surface area contributed by atoms with Gasteiger partial charge in [0.1, 0.15) is 5.75 Å². The van der Waals surface area contributed by atoms with Gasteiger partial charge in [0, 0.05) is 19.1 Å². The second-order valence-corrected chi connectivity index (χ2v) is 6.15. The molecule has 1 saturated carbocycles. The highest BCUT2D eigenvalue weighted by atomic mass is 16.5. The van der Waals surface area contributed by atoms with Gasteiger partial charge in [0.15, 0.2) is 0 Å². The highest BCUT2D eigenvalue weighted by molar-refractivity contribution is 5.87. The van der Waals surface area contributed by atoms with E-state index in [9.17, 15) is 4.79 Å². The topological polar surface area (TPSA) is 49.8 Å². The number of aromatic carboxylic acids is 1.